The Balaban J connectivity index is 4.29. The van der Waals surface area contributed by atoms with Gasteiger partial charge in [-0.15, -0.1) is 0 Å². The van der Waals surface area contributed by atoms with Gasteiger partial charge in [-0.2, -0.15) is 0 Å². The molecule has 0 bridgehead atoms. The van der Waals surface area contributed by atoms with Crippen LogP contribution in [0.3, 0.4) is 0 Å². The summed E-state index contributed by atoms with van der Waals surface area (Å²) in [5.41, 5.74) is 0. The zero-order valence-corrected chi connectivity index (χ0v) is 34.5. The molecular formula is C41H71F4NO4S2. The Labute approximate surface area is 322 Å². The number of halogens is 4. The standard InChI is InChI=1S/C41H71F4NO4S2/c1-5-7-19-29-40(42,43)31-22-34-51-38(48)27-17-13-9-11-15-24-36(50-37(47)26-21-33-46(3)4)25-16-12-10-14-18-28-39(49)52-35-23-32-41(44,45)30-20-8-6-2/h22-23,31-32,36H,5-21,24-30,33-35H2,1-4H3/b31-22-,32-23-. The van der Waals surface area contributed by atoms with Crippen LogP contribution in [0.1, 0.15) is 168 Å². The Kier molecular flexibility index (Phi) is 32.2. The van der Waals surface area contributed by atoms with Crippen molar-refractivity contribution in [2.45, 2.75) is 186 Å². The normalized spacial score (nSPS) is 12.6. The number of hydrogen-bond donors (Lipinski definition) is 0. The molecule has 0 radical (unpaired) electrons. The van der Waals surface area contributed by atoms with Crippen LogP contribution in [-0.4, -0.2) is 71.2 Å². The second kappa shape index (κ2) is 33.0. The summed E-state index contributed by atoms with van der Waals surface area (Å²) >= 11 is 2.20. The molecule has 0 aromatic carbocycles. The fourth-order valence-corrected chi connectivity index (χ4v) is 6.98. The van der Waals surface area contributed by atoms with Crippen LogP contribution < -0.4 is 0 Å². The summed E-state index contributed by atoms with van der Waals surface area (Å²) in [4.78, 5) is 38.8. The van der Waals surface area contributed by atoms with E-state index in [9.17, 15) is 31.9 Å². The Hall–Kier alpha value is -1.33. The molecule has 0 aliphatic rings. The summed E-state index contributed by atoms with van der Waals surface area (Å²) in [6.07, 6.45) is 21.7. The molecule has 0 aliphatic heterocycles. The number of carbonyl (C=O) groups is 3. The van der Waals surface area contributed by atoms with Gasteiger partial charge in [0.25, 0.3) is 11.8 Å². The maximum Gasteiger partial charge on any atom is 0.306 e. The summed E-state index contributed by atoms with van der Waals surface area (Å²) in [5.74, 6) is -5.19. The highest BCUT2D eigenvalue weighted by molar-refractivity contribution is 8.14. The van der Waals surface area contributed by atoms with Gasteiger partial charge < -0.3 is 9.64 Å². The Morgan fingerprint density at radius 1 is 0.596 bits per heavy atom. The van der Waals surface area contributed by atoms with E-state index in [1.54, 1.807) is 0 Å². The van der Waals surface area contributed by atoms with Gasteiger partial charge in [0.2, 0.25) is 0 Å². The molecule has 0 aliphatic carbocycles. The van der Waals surface area contributed by atoms with Crippen LogP contribution in [0.4, 0.5) is 17.6 Å². The van der Waals surface area contributed by atoms with Gasteiger partial charge in [0, 0.05) is 43.6 Å². The minimum atomic E-state index is -2.80. The van der Waals surface area contributed by atoms with Gasteiger partial charge in [-0.3, -0.25) is 14.4 Å². The second-order valence-corrected chi connectivity index (χ2v) is 16.4. The number of carbonyl (C=O) groups excluding carboxylic acids is 3. The minimum absolute atomic E-state index is 0.0385. The van der Waals surface area contributed by atoms with Gasteiger partial charge in [-0.25, -0.2) is 17.6 Å². The average Bonchev–Trinajstić information content (AvgIpc) is 3.07. The lowest BCUT2D eigenvalue weighted by Crippen LogP contribution is -2.20. The molecule has 0 saturated heterocycles. The molecule has 0 unspecified atom stereocenters. The number of thioether (sulfide) groups is 2. The molecule has 52 heavy (non-hydrogen) atoms. The number of esters is 1. The summed E-state index contributed by atoms with van der Waals surface area (Å²) in [6, 6.07) is 0. The van der Waals surface area contributed by atoms with Gasteiger partial charge in [0.05, 0.1) is 0 Å². The minimum Gasteiger partial charge on any atom is -0.462 e. The van der Waals surface area contributed by atoms with E-state index in [-0.39, 0.29) is 46.7 Å². The molecule has 0 N–H and O–H groups in total. The molecule has 0 fully saturated rings. The third-order valence-corrected chi connectivity index (χ3v) is 10.5. The summed E-state index contributed by atoms with van der Waals surface area (Å²) in [7, 11) is 3.96. The third-order valence-electron chi connectivity index (χ3n) is 8.73. The van der Waals surface area contributed by atoms with Crippen molar-refractivity contribution in [1.82, 2.24) is 4.90 Å². The molecule has 0 atom stereocenters. The third kappa shape index (κ3) is 34.4. The Bertz CT molecular complexity index is 916. The highest BCUT2D eigenvalue weighted by Gasteiger charge is 2.24. The molecule has 5 nitrogen and oxygen atoms in total. The van der Waals surface area contributed by atoms with Crippen molar-refractivity contribution in [2.75, 3.05) is 32.1 Å². The molecule has 0 amide bonds. The monoisotopic (exact) mass is 781 g/mol. The molecule has 11 heteroatoms. The van der Waals surface area contributed by atoms with Crippen molar-refractivity contribution in [3.8, 4) is 0 Å². The van der Waals surface area contributed by atoms with Crippen LogP contribution in [0.15, 0.2) is 24.3 Å². The van der Waals surface area contributed by atoms with E-state index in [4.69, 9.17) is 4.74 Å². The van der Waals surface area contributed by atoms with E-state index in [1.807, 2.05) is 32.8 Å². The van der Waals surface area contributed by atoms with Crippen LogP contribution in [0.25, 0.3) is 0 Å². The topological polar surface area (TPSA) is 63.7 Å². The summed E-state index contributed by atoms with van der Waals surface area (Å²) in [5, 5.41) is 0.0770. The van der Waals surface area contributed by atoms with E-state index < -0.39 is 11.8 Å². The molecule has 0 rings (SSSR count). The van der Waals surface area contributed by atoms with Crippen LogP contribution in [0.2, 0.25) is 0 Å². The number of unbranched alkanes of at least 4 members (excludes halogenated alkanes) is 12. The quantitative estimate of drug-likeness (QED) is 0.0275. The largest absolute Gasteiger partial charge is 0.462 e. The molecule has 0 saturated carbocycles. The fraction of sp³-hybridized carbons (Fsp3) is 0.829. The van der Waals surface area contributed by atoms with Crippen molar-refractivity contribution in [1.29, 1.82) is 0 Å². The maximum atomic E-state index is 13.8. The van der Waals surface area contributed by atoms with E-state index in [0.29, 0.717) is 32.1 Å². The van der Waals surface area contributed by atoms with E-state index in [1.165, 1.54) is 12.2 Å². The van der Waals surface area contributed by atoms with E-state index >= 15 is 0 Å². The summed E-state index contributed by atoms with van der Waals surface area (Å²) in [6.45, 7) is 4.80. The lowest BCUT2D eigenvalue weighted by Gasteiger charge is -2.18. The highest BCUT2D eigenvalue weighted by atomic mass is 32.2. The zero-order chi connectivity index (χ0) is 38.9. The van der Waals surface area contributed by atoms with Gasteiger partial charge in [0.15, 0.2) is 10.2 Å². The lowest BCUT2D eigenvalue weighted by atomic mass is 10.0. The fourth-order valence-electron chi connectivity index (χ4n) is 5.65. The number of rotatable bonds is 35. The number of alkyl halides is 4. The average molecular weight is 782 g/mol. The van der Waals surface area contributed by atoms with Crippen LogP contribution in [-0.2, 0) is 19.1 Å². The Morgan fingerprint density at radius 2 is 1.02 bits per heavy atom. The van der Waals surface area contributed by atoms with Crippen molar-refractivity contribution in [3.05, 3.63) is 24.3 Å². The van der Waals surface area contributed by atoms with Gasteiger partial charge in [-0.05, 0) is 90.6 Å². The van der Waals surface area contributed by atoms with Gasteiger partial charge >= 0.3 is 5.97 Å². The van der Waals surface area contributed by atoms with Crippen molar-refractivity contribution < 1.29 is 36.7 Å². The maximum absolute atomic E-state index is 13.8. The molecule has 304 valence electrons. The number of nitrogens with zero attached hydrogens (tertiary/aromatic N) is 1. The molecule has 0 aromatic heterocycles. The van der Waals surface area contributed by atoms with Crippen molar-refractivity contribution in [3.63, 3.8) is 0 Å². The first-order valence-electron chi connectivity index (χ1n) is 20.1. The first-order valence-corrected chi connectivity index (χ1v) is 22.0. The number of ether oxygens (including phenoxy) is 1. The predicted octanol–water partition coefficient (Wildman–Crippen LogP) is 12.8. The van der Waals surface area contributed by atoms with Crippen molar-refractivity contribution >= 4 is 39.7 Å². The Morgan fingerprint density at radius 3 is 1.44 bits per heavy atom. The molecular weight excluding hydrogens is 711 g/mol. The smallest absolute Gasteiger partial charge is 0.306 e. The molecule has 0 spiro atoms. The lowest BCUT2D eigenvalue weighted by molar-refractivity contribution is -0.150. The number of hydrogen-bond acceptors (Lipinski definition) is 7. The second-order valence-electron chi connectivity index (χ2n) is 14.2. The van der Waals surface area contributed by atoms with Crippen LogP contribution >= 0.6 is 23.5 Å². The van der Waals surface area contributed by atoms with Crippen LogP contribution in [0, 0.1) is 0 Å². The summed E-state index contributed by atoms with van der Waals surface area (Å²) < 4.78 is 61.1. The predicted molar refractivity (Wildman–Crippen MR) is 214 cm³/mol. The van der Waals surface area contributed by atoms with Gasteiger partial charge in [0.1, 0.15) is 6.10 Å². The molecule has 0 aromatic rings. The van der Waals surface area contributed by atoms with Gasteiger partial charge in [-0.1, -0.05) is 114 Å². The highest BCUT2D eigenvalue weighted by Crippen LogP contribution is 2.25. The first-order chi connectivity index (χ1) is 24.8. The van der Waals surface area contributed by atoms with Crippen LogP contribution in [0.5, 0.6) is 0 Å². The molecule has 0 heterocycles. The van der Waals surface area contributed by atoms with Crippen molar-refractivity contribution in [2.24, 2.45) is 0 Å². The van der Waals surface area contributed by atoms with E-state index in [0.717, 1.165) is 151 Å². The zero-order valence-electron chi connectivity index (χ0n) is 32.9. The first kappa shape index (κ1) is 50.7. The SMILES string of the molecule is CCCCCC(F)(F)/C=C\CSC(=O)CCCCCCCC(CCCCCCCC(=O)SC/C=C\C(F)(F)CCCCC)OC(=O)CCCN(C)C. The van der Waals surface area contributed by atoms with E-state index in [2.05, 4.69) is 0 Å². The number of allylic oxidation sites excluding steroid dienone is 2.